The molecule has 36 heavy (non-hydrogen) atoms. The number of rotatable bonds is 10. The van der Waals surface area contributed by atoms with Crippen LogP contribution in [0.3, 0.4) is 0 Å². The van der Waals surface area contributed by atoms with Crippen molar-refractivity contribution in [2.45, 2.75) is 36.7 Å². The number of benzene rings is 2. The molecule has 1 atom stereocenters. The first-order chi connectivity index (χ1) is 17.4. The van der Waals surface area contributed by atoms with Gasteiger partial charge in [-0.1, -0.05) is 17.7 Å². The van der Waals surface area contributed by atoms with Crippen LogP contribution in [0.5, 0.6) is 5.75 Å². The highest BCUT2D eigenvalue weighted by molar-refractivity contribution is 7.99. The summed E-state index contributed by atoms with van der Waals surface area (Å²) in [6.45, 7) is 2.32. The van der Waals surface area contributed by atoms with Crippen molar-refractivity contribution in [3.63, 3.8) is 0 Å². The van der Waals surface area contributed by atoms with Crippen LogP contribution in [0.2, 0.25) is 5.02 Å². The van der Waals surface area contributed by atoms with E-state index < -0.39 is 17.7 Å². The first-order valence-electron chi connectivity index (χ1n) is 12.1. The molecule has 1 aliphatic heterocycles. The van der Waals surface area contributed by atoms with Gasteiger partial charge < -0.3 is 19.8 Å². The molecule has 1 saturated heterocycles. The van der Waals surface area contributed by atoms with E-state index >= 15 is 0 Å². The molecule has 5 nitrogen and oxygen atoms in total. The first kappa shape index (κ1) is 27.1. The molecule has 0 spiro atoms. The molecular formula is C27H31ClF2N2O3S. The Labute approximate surface area is 219 Å². The van der Waals surface area contributed by atoms with Crippen LogP contribution in [0.1, 0.15) is 37.4 Å². The van der Waals surface area contributed by atoms with Crippen molar-refractivity contribution in [3.8, 4) is 5.75 Å². The van der Waals surface area contributed by atoms with Gasteiger partial charge in [-0.05, 0) is 74.5 Å². The van der Waals surface area contributed by atoms with Crippen LogP contribution < -0.4 is 4.74 Å². The molecule has 194 valence electrons. The predicted octanol–water partition coefficient (Wildman–Crippen LogP) is 5.86. The molecule has 2 N–H and O–H groups in total. The number of aromatic nitrogens is 1. The molecule has 0 saturated carbocycles. The van der Waals surface area contributed by atoms with Crippen molar-refractivity contribution in [2.24, 2.45) is 5.41 Å². The zero-order valence-electron chi connectivity index (χ0n) is 20.2. The summed E-state index contributed by atoms with van der Waals surface area (Å²) in [6, 6.07) is 9.40. The molecule has 1 fully saturated rings. The Morgan fingerprint density at radius 3 is 2.58 bits per heavy atom. The molecule has 1 aliphatic rings. The molecule has 1 aromatic heterocycles. The molecule has 0 aliphatic carbocycles. The molecule has 0 amide bonds. The molecule has 0 bridgehead atoms. The van der Waals surface area contributed by atoms with Gasteiger partial charge in [-0.25, -0.2) is 8.78 Å². The van der Waals surface area contributed by atoms with Gasteiger partial charge in [-0.15, -0.1) is 11.8 Å². The van der Waals surface area contributed by atoms with Crippen molar-refractivity contribution in [1.29, 1.82) is 0 Å². The lowest BCUT2D eigenvalue weighted by Crippen LogP contribution is -2.43. The van der Waals surface area contributed by atoms with Gasteiger partial charge in [0.1, 0.15) is 17.4 Å². The van der Waals surface area contributed by atoms with Gasteiger partial charge in [0.05, 0.1) is 28.6 Å². The van der Waals surface area contributed by atoms with E-state index in [-0.39, 0.29) is 16.9 Å². The molecule has 0 unspecified atom stereocenters. The van der Waals surface area contributed by atoms with Crippen molar-refractivity contribution >= 4 is 34.3 Å². The second-order valence-electron chi connectivity index (χ2n) is 9.36. The van der Waals surface area contributed by atoms with Crippen molar-refractivity contribution in [3.05, 3.63) is 64.8 Å². The third-order valence-electron chi connectivity index (χ3n) is 7.17. The largest absolute Gasteiger partial charge is 0.497 e. The van der Waals surface area contributed by atoms with Crippen LogP contribution in [0.4, 0.5) is 8.78 Å². The summed E-state index contributed by atoms with van der Waals surface area (Å²) in [6.07, 6.45) is 3.43. The SMILES string of the molecule is COc1ccc2ncc(Cl)c([C@H](O)CCC3(CO)CCN(CCSc4c(F)cccc4F)CC3)c2c1. The smallest absolute Gasteiger partial charge is 0.139 e. The van der Waals surface area contributed by atoms with E-state index in [4.69, 9.17) is 16.3 Å². The Morgan fingerprint density at radius 1 is 1.19 bits per heavy atom. The van der Waals surface area contributed by atoms with Crippen LogP contribution in [0, 0.1) is 17.0 Å². The summed E-state index contributed by atoms with van der Waals surface area (Å²) in [5, 5.41) is 22.5. The van der Waals surface area contributed by atoms with Crippen molar-refractivity contribution < 1.29 is 23.7 Å². The maximum atomic E-state index is 13.8. The zero-order valence-corrected chi connectivity index (χ0v) is 21.8. The minimum Gasteiger partial charge on any atom is -0.497 e. The van der Waals surface area contributed by atoms with Gasteiger partial charge in [-0.3, -0.25) is 4.98 Å². The van der Waals surface area contributed by atoms with Crippen molar-refractivity contribution in [2.75, 3.05) is 39.1 Å². The minimum atomic E-state index is -0.802. The maximum Gasteiger partial charge on any atom is 0.139 e. The Hall–Kier alpha value is -1.97. The number of halogens is 3. The standard InChI is InChI=1S/C27H31ClF2N2O3S/c1-35-18-5-6-23-19(15-18)25(20(28)16-31-23)24(34)7-8-27(17-33)9-11-32(12-10-27)13-14-36-26-21(29)3-2-4-22(26)30/h2-6,15-16,24,33-34H,7-14,17H2,1H3/t24-/m1/s1. The third-order valence-corrected chi connectivity index (χ3v) is 8.54. The van der Waals surface area contributed by atoms with Gasteiger partial charge in [0, 0.05) is 36.1 Å². The molecule has 2 heterocycles. The van der Waals surface area contributed by atoms with Gasteiger partial charge >= 0.3 is 0 Å². The number of hydrogen-bond donors (Lipinski definition) is 2. The molecule has 2 aromatic carbocycles. The summed E-state index contributed by atoms with van der Waals surface area (Å²) < 4.78 is 33.0. The van der Waals surface area contributed by atoms with E-state index in [1.54, 1.807) is 13.3 Å². The molecule has 0 radical (unpaired) electrons. The molecular weight excluding hydrogens is 506 g/mol. The number of nitrogens with zero attached hydrogens (tertiary/aromatic N) is 2. The highest BCUT2D eigenvalue weighted by Crippen LogP contribution is 2.40. The monoisotopic (exact) mass is 536 g/mol. The molecule has 4 rings (SSSR count). The lowest BCUT2D eigenvalue weighted by atomic mass is 9.74. The summed E-state index contributed by atoms with van der Waals surface area (Å²) in [5.41, 5.74) is 1.07. The van der Waals surface area contributed by atoms with Crippen LogP contribution in [0.15, 0.2) is 47.5 Å². The van der Waals surface area contributed by atoms with Gasteiger partial charge in [0.25, 0.3) is 0 Å². The number of thioether (sulfide) groups is 1. The number of aliphatic hydroxyl groups excluding tert-OH is 2. The second-order valence-corrected chi connectivity index (χ2v) is 10.9. The fourth-order valence-electron chi connectivity index (χ4n) is 4.86. The summed E-state index contributed by atoms with van der Waals surface area (Å²) in [7, 11) is 1.59. The first-order valence-corrected chi connectivity index (χ1v) is 13.4. The third kappa shape index (κ3) is 6.11. The number of methoxy groups -OCH3 is 1. The summed E-state index contributed by atoms with van der Waals surface area (Å²) in [5.74, 6) is 0.184. The average Bonchev–Trinajstić information content (AvgIpc) is 2.89. The lowest BCUT2D eigenvalue weighted by molar-refractivity contribution is 0.0254. The number of likely N-dealkylation sites (tertiary alicyclic amines) is 1. The Kier molecular flexibility index (Phi) is 9.06. The van der Waals surface area contributed by atoms with E-state index in [2.05, 4.69) is 9.88 Å². The van der Waals surface area contributed by atoms with Gasteiger partial charge in [0.2, 0.25) is 0 Å². The van der Waals surface area contributed by atoms with Crippen LogP contribution >= 0.6 is 23.4 Å². The highest BCUT2D eigenvalue weighted by atomic mass is 35.5. The van der Waals surface area contributed by atoms with E-state index in [1.807, 2.05) is 18.2 Å². The lowest BCUT2D eigenvalue weighted by Gasteiger charge is -2.41. The quantitative estimate of drug-likeness (QED) is 0.317. The molecule has 3 aromatic rings. The maximum absolute atomic E-state index is 13.8. The number of ether oxygens (including phenoxy) is 1. The zero-order chi connectivity index (χ0) is 25.7. The Morgan fingerprint density at radius 2 is 1.92 bits per heavy atom. The van der Waals surface area contributed by atoms with Gasteiger partial charge in [-0.2, -0.15) is 0 Å². The second kappa shape index (κ2) is 12.0. The number of fused-ring (bicyclic) bond motifs is 1. The number of piperidine rings is 1. The topological polar surface area (TPSA) is 65.8 Å². The van der Waals surface area contributed by atoms with E-state index in [0.29, 0.717) is 41.5 Å². The fourth-order valence-corrected chi connectivity index (χ4v) is 6.10. The highest BCUT2D eigenvalue weighted by Gasteiger charge is 2.34. The predicted molar refractivity (Wildman–Crippen MR) is 140 cm³/mol. The fraction of sp³-hybridized carbons (Fsp3) is 0.444. The minimum absolute atomic E-state index is 0.0431. The summed E-state index contributed by atoms with van der Waals surface area (Å²) >= 11 is 7.64. The average molecular weight is 537 g/mol. The molecule has 9 heteroatoms. The Balaban J connectivity index is 1.34. The van der Waals surface area contributed by atoms with E-state index in [1.165, 1.54) is 30.0 Å². The van der Waals surface area contributed by atoms with Crippen LogP contribution in [0.25, 0.3) is 10.9 Å². The van der Waals surface area contributed by atoms with E-state index in [0.717, 1.165) is 36.8 Å². The van der Waals surface area contributed by atoms with Crippen molar-refractivity contribution in [1.82, 2.24) is 9.88 Å². The normalized spacial score (nSPS) is 16.8. The Bertz CT molecular complexity index is 1170. The number of pyridine rings is 1. The van der Waals surface area contributed by atoms with E-state index in [9.17, 15) is 19.0 Å². The summed E-state index contributed by atoms with van der Waals surface area (Å²) in [4.78, 5) is 6.68. The number of hydrogen-bond acceptors (Lipinski definition) is 6. The van der Waals surface area contributed by atoms with Crippen LogP contribution in [-0.2, 0) is 0 Å². The van der Waals surface area contributed by atoms with Crippen LogP contribution in [-0.4, -0.2) is 59.2 Å². The van der Waals surface area contributed by atoms with Gasteiger partial charge in [0.15, 0.2) is 0 Å². The number of aliphatic hydroxyl groups is 2.